The number of carbonyl (C=O) groups excluding carboxylic acids is 2. The average molecular weight is 307 g/mol. The van der Waals surface area contributed by atoms with Crippen molar-refractivity contribution in [2.24, 2.45) is 5.10 Å². The lowest BCUT2D eigenvalue weighted by molar-refractivity contribution is -0.129. The predicted molar refractivity (Wildman–Crippen MR) is 82.9 cm³/mol. The Hall–Kier alpha value is -2.41. The Kier molecular flexibility index (Phi) is 8.29. The van der Waals surface area contributed by atoms with Crippen molar-refractivity contribution in [3.8, 4) is 5.75 Å². The van der Waals surface area contributed by atoms with Crippen LogP contribution in [0.5, 0.6) is 5.75 Å². The number of methoxy groups -OCH3 is 2. The standard InChI is InChI=1S/C15H21N3O4/c1-21-8-4-7-16-14(19)10-15(20)18-17-11-12-5-3-6-13(9-12)22-2/h3,5-6,9,11H,4,7-8,10H2,1-2H3,(H,16,19)(H,18,20)/b17-11-. The van der Waals surface area contributed by atoms with Crippen LogP contribution < -0.4 is 15.5 Å². The summed E-state index contributed by atoms with van der Waals surface area (Å²) in [7, 11) is 3.17. The maximum atomic E-state index is 11.5. The van der Waals surface area contributed by atoms with Gasteiger partial charge in [-0.05, 0) is 24.1 Å². The van der Waals surface area contributed by atoms with Crippen molar-refractivity contribution in [1.82, 2.24) is 10.7 Å². The van der Waals surface area contributed by atoms with Gasteiger partial charge in [-0.2, -0.15) is 5.10 Å². The fourth-order valence-electron chi connectivity index (χ4n) is 1.59. The topological polar surface area (TPSA) is 89.0 Å². The summed E-state index contributed by atoms with van der Waals surface area (Å²) in [5, 5.41) is 6.42. The SMILES string of the molecule is COCCCNC(=O)CC(=O)N/N=C\c1cccc(OC)c1. The van der Waals surface area contributed by atoms with Crippen molar-refractivity contribution in [3.05, 3.63) is 29.8 Å². The molecule has 0 radical (unpaired) electrons. The van der Waals surface area contributed by atoms with Crippen LogP contribution in [0.1, 0.15) is 18.4 Å². The Balaban J connectivity index is 2.29. The van der Waals surface area contributed by atoms with Gasteiger partial charge >= 0.3 is 0 Å². The van der Waals surface area contributed by atoms with Crippen molar-refractivity contribution in [2.75, 3.05) is 27.4 Å². The highest BCUT2D eigenvalue weighted by atomic mass is 16.5. The van der Waals surface area contributed by atoms with Crippen LogP contribution in [0.3, 0.4) is 0 Å². The van der Waals surface area contributed by atoms with Gasteiger partial charge in [0, 0.05) is 20.3 Å². The first-order valence-electron chi connectivity index (χ1n) is 6.87. The van der Waals surface area contributed by atoms with E-state index in [4.69, 9.17) is 9.47 Å². The number of ether oxygens (including phenoxy) is 2. The first kappa shape index (κ1) is 17.6. The van der Waals surface area contributed by atoms with E-state index in [9.17, 15) is 9.59 Å². The fourth-order valence-corrected chi connectivity index (χ4v) is 1.59. The average Bonchev–Trinajstić information content (AvgIpc) is 2.52. The van der Waals surface area contributed by atoms with Gasteiger partial charge in [0.05, 0.1) is 13.3 Å². The zero-order valence-electron chi connectivity index (χ0n) is 12.8. The summed E-state index contributed by atoms with van der Waals surface area (Å²) in [6.45, 7) is 1.05. The Bertz CT molecular complexity index is 517. The van der Waals surface area contributed by atoms with Gasteiger partial charge in [0.1, 0.15) is 12.2 Å². The highest BCUT2D eigenvalue weighted by Gasteiger charge is 2.07. The van der Waals surface area contributed by atoms with E-state index in [1.165, 1.54) is 6.21 Å². The Morgan fingerprint density at radius 2 is 2.09 bits per heavy atom. The number of nitrogens with zero attached hydrogens (tertiary/aromatic N) is 1. The van der Waals surface area contributed by atoms with E-state index in [1.54, 1.807) is 20.3 Å². The molecule has 0 unspecified atom stereocenters. The molecule has 0 spiro atoms. The number of hydrogen-bond donors (Lipinski definition) is 2. The summed E-state index contributed by atoms with van der Waals surface area (Å²) in [6.07, 6.45) is 1.93. The molecule has 1 aromatic rings. The molecule has 0 bridgehead atoms. The summed E-state index contributed by atoms with van der Waals surface area (Å²) in [5.41, 5.74) is 3.09. The van der Waals surface area contributed by atoms with Gasteiger partial charge in [0.15, 0.2) is 0 Å². The maximum Gasteiger partial charge on any atom is 0.249 e. The van der Waals surface area contributed by atoms with Crippen LogP contribution in [0.25, 0.3) is 0 Å². The largest absolute Gasteiger partial charge is 0.497 e. The van der Waals surface area contributed by atoms with Gasteiger partial charge in [0.2, 0.25) is 11.8 Å². The quantitative estimate of drug-likeness (QED) is 0.304. The molecule has 0 saturated carbocycles. The van der Waals surface area contributed by atoms with Gasteiger partial charge in [-0.25, -0.2) is 5.43 Å². The molecular weight excluding hydrogens is 286 g/mol. The summed E-state index contributed by atoms with van der Waals surface area (Å²) in [6, 6.07) is 7.22. The minimum Gasteiger partial charge on any atom is -0.497 e. The van der Waals surface area contributed by atoms with Gasteiger partial charge < -0.3 is 14.8 Å². The van der Waals surface area contributed by atoms with Crippen molar-refractivity contribution >= 4 is 18.0 Å². The third-order valence-corrected chi connectivity index (χ3v) is 2.67. The van der Waals surface area contributed by atoms with Crippen molar-refractivity contribution < 1.29 is 19.1 Å². The molecule has 0 aliphatic carbocycles. The lowest BCUT2D eigenvalue weighted by Gasteiger charge is -2.04. The van der Waals surface area contributed by atoms with Crippen LogP contribution in [0.4, 0.5) is 0 Å². The van der Waals surface area contributed by atoms with E-state index in [0.717, 1.165) is 5.56 Å². The van der Waals surface area contributed by atoms with E-state index in [-0.39, 0.29) is 12.3 Å². The molecule has 0 aliphatic rings. The van der Waals surface area contributed by atoms with Gasteiger partial charge in [0.25, 0.3) is 0 Å². The number of carbonyl (C=O) groups is 2. The molecule has 0 aliphatic heterocycles. The normalized spacial score (nSPS) is 10.5. The van der Waals surface area contributed by atoms with Crippen molar-refractivity contribution in [3.63, 3.8) is 0 Å². The number of hydrazone groups is 1. The Morgan fingerprint density at radius 1 is 1.27 bits per heavy atom. The number of hydrogen-bond acceptors (Lipinski definition) is 5. The lowest BCUT2D eigenvalue weighted by atomic mass is 10.2. The second-order valence-corrected chi connectivity index (χ2v) is 4.44. The van der Waals surface area contributed by atoms with Crippen LogP contribution in [-0.4, -0.2) is 45.4 Å². The third kappa shape index (κ3) is 7.39. The third-order valence-electron chi connectivity index (χ3n) is 2.67. The number of nitrogens with one attached hydrogen (secondary N) is 2. The number of rotatable bonds is 9. The number of amides is 2. The van der Waals surface area contributed by atoms with E-state index < -0.39 is 5.91 Å². The van der Waals surface area contributed by atoms with E-state index in [2.05, 4.69) is 15.8 Å². The molecular formula is C15H21N3O4. The van der Waals surface area contributed by atoms with E-state index in [0.29, 0.717) is 25.3 Å². The molecule has 1 rings (SSSR count). The van der Waals surface area contributed by atoms with Gasteiger partial charge in [-0.15, -0.1) is 0 Å². The molecule has 0 atom stereocenters. The van der Waals surface area contributed by atoms with Crippen molar-refractivity contribution in [1.29, 1.82) is 0 Å². The summed E-state index contributed by atoms with van der Waals surface area (Å²) in [4.78, 5) is 23.0. The molecule has 22 heavy (non-hydrogen) atoms. The van der Waals surface area contributed by atoms with Crippen molar-refractivity contribution in [2.45, 2.75) is 12.8 Å². The molecule has 7 nitrogen and oxygen atoms in total. The minimum atomic E-state index is -0.469. The second-order valence-electron chi connectivity index (χ2n) is 4.44. The molecule has 0 heterocycles. The monoisotopic (exact) mass is 307 g/mol. The molecule has 0 aromatic heterocycles. The van der Waals surface area contributed by atoms with E-state index in [1.807, 2.05) is 18.2 Å². The zero-order valence-corrected chi connectivity index (χ0v) is 12.8. The van der Waals surface area contributed by atoms with Crippen LogP contribution in [0.2, 0.25) is 0 Å². The first-order valence-corrected chi connectivity index (χ1v) is 6.87. The molecule has 2 amide bonds. The summed E-state index contributed by atoms with van der Waals surface area (Å²) < 4.78 is 9.94. The van der Waals surface area contributed by atoms with Gasteiger partial charge in [-0.3, -0.25) is 9.59 Å². The minimum absolute atomic E-state index is 0.261. The number of benzene rings is 1. The van der Waals surface area contributed by atoms with Crippen LogP contribution in [0, 0.1) is 0 Å². The highest BCUT2D eigenvalue weighted by Crippen LogP contribution is 2.10. The van der Waals surface area contributed by atoms with Gasteiger partial charge in [-0.1, -0.05) is 12.1 Å². The zero-order chi connectivity index (χ0) is 16.2. The molecule has 120 valence electrons. The molecule has 2 N–H and O–H groups in total. The van der Waals surface area contributed by atoms with E-state index >= 15 is 0 Å². The molecule has 7 heteroatoms. The maximum absolute atomic E-state index is 11.5. The Morgan fingerprint density at radius 3 is 2.82 bits per heavy atom. The fraction of sp³-hybridized carbons (Fsp3) is 0.400. The Labute approximate surface area is 129 Å². The predicted octanol–water partition coefficient (Wildman–Crippen LogP) is 0.688. The highest BCUT2D eigenvalue weighted by molar-refractivity contribution is 5.97. The van der Waals surface area contributed by atoms with Crippen LogP contribution >= 0.6 is 0 Å². The summed E-state index contributed by atoms with van der Waals surface area (Å²) in [5.74, 6) is -0.112. The second kappa shape index (κ2) is 10.3. The molecule has 0 saturated heterocycles. The lowest BCUT2D eigenvalue weighted by Crippen LogP contribution is -2.30. The smallest absolute Gasteiger partial charge is 0.249 e. The summed E-state index contributed by atoms with van der Waals surface area (Å²) >= 11 is 0. The molecule has 1 aromatic carbocycles. The first-order chi connectivity index (χ1) is 10.7. The molecule has 0 fully saturated rings. The van der Waals surface area contributed by atoms with Crippen LogP contribution in [-0.2, 0) is 14.3 Å². The van der Waals surface area contributed by atoms with Crippen LogP contribution in [0.15, 0.2) is 29.4 Å².